The van der Waals surface area contributed by atoms with Gasteiger partial charge in [0.1, 0.15) is 11.1 Å². The number of amides is 1. The molecule has 0 aliphatic carbocycles. The number of likely N-dealkylation sites (N-methyl/N-ethyl adjacent to an activating group) is 1. The van der Waals surface area contributed by atoms with Gasteiger partial charge in [-0.3, -0.25) is 9.58 Å². The van der Waals surface area contributed by atoms with E-state index in [-0.39, 0.29) is 5.69 Å². The number of rotatable bonds is 3. The highest BCUT2D eigenvalue weighted by atomic mass is 19.4. The van der Waals surface area contributed by atoms with E-state index in [1.54, 1.807) is 20.8 Å². The zero-order valence-electron chi connectivity index (χ0n) is 13.9. The van der Waals surface area contributed by atoms with Gasteiger partial charge in [0.2, 0.25) is 0 Å². The molecule has 0 aliphatic rings. The number of carbonyl (C=O) groups excluding carboxylic acids is 2. The van der Waals surface area contributed by atoms with Crippen molar-refractivity contribution in [3.8, 4) is 0 Å². The van der Waals surface area contributed by atoms with Crippen molar-refractivity contribution in [1.82, 2.24) is 14.7 Å². The maximum absolute atomic E-state index is 12.8. The minimum absolute atomic E-state index is 0.0758. The zero-order chi connectivity index (χ0) is 18.2. The molecule has 0 aromatic carbocycles. The summed E-state index contributed by atoms with van der Waals surface area (Å²) in [4.78, 5) is 24.7. The first-order valence-corrected chi connectivity index (χ1v) is 6.77. The molecule has 0 saturated heterocycles. The highest BCUT2D eigenvalue weighted by Crippen LogP contribution is 2.33. The molecule has 0 bridgehead atoms. The maximum Gasteiger partial charge on any atom is 0.435 e. The summed E-state index contributed by atoms with van der Waals surface area (Å²) >= 11 is 0. The van der Waals surface area contributed by atoms with Gasteiger partial charge in [0.25, 0.3) is 0 Å². The quantitative estimate of drug-likeness (QED) is 0.797. The van der Waals surface area contributed by atoms with Crippen LogP contribution in [-0.2, 0) is 28.3 Å². The van der Waals surface area contributed by atoms with Gasteiger partial charge in [0, 0.05) is 14.1 Å². The Bertz CT molecular complexity index is 605. The summed E-state index contributed by atoms with van der Waals surface area (Å²) in [5, 5.41) is 3.37. The summed E-state index contributed by atoms with van der Waals surface area (Å²) in [5.41, 5.74) is -3.68. The number of nitrogens with zero attached hydrogens (tertiary/aromatic N) is 3. The fraction of sp³-hybridized carbons (Fsp3) is 0.643. The average Bonchev–Trinajstić information content (AvgIpc) is 2.77. The van der Waals surface area contributed by atoms with Gasteiger partial charge in [-0.2, -0.15) is 18.3 Å². The molecule has 0 spiro atoms. The molecule has 1 rings (SSSR count). The zero-order valence-corrected chi connectivity index (χ0v) is 13.9. The van der Waals surface area contributed by atoms with Crippen LogP contribution in [0.15, 0.2) is 6.07 Å². The van der Waals surface area contributed by atoms with Crippen LogP contribution in [0.5, 0.6) is 0 Å². The first-order chi connectivity index (χ1) is 10.2. The third kappa shape index (κ3) is 4.02. The third-order valence-electron chi connectivity index (χ3n) is 3.28. The molecular formula is C14H20F3N3O3. The van der Waals surface area contributed by atoms with E-state index in [0.29, 0.717) is 6.29 Å². The minimum Gasteiger partial charge on any atom is -0.444 e. The predicted molar refractivity (Wildman–Crippen MR) is 75.6 cm³/mol. The van der Waals surface area contributed by atoms with Gasteiger partial charge in [0.05, 0.1) is 5.69 Å². The number of alkyl halides is 3. The number of carbonyl (C=O) groups is 2. The van der Waals surface area contributed by atoms with Crippen molar-refractivity contribution < 1.29 is 27.5 Å². The molecule has 1 aromatic rings. The van der Waals surface area contributed by atoms with Crippen LogP contribution in [0.4, 0.5) is 18.0 Å². The van der Waals surface area contributed by atoms with Crippen LogP contribution >= 0.6 is 0 Å². The van der Waals surface area contributed by atoms with Gasteiger partial charge in [-0.25, -0.2) is 4.79 Å². The molecule has 0 fully saturated rings. The highest BCUT2D eigenvalue weighted by Gasteiger charge is 2.42. The number of aldehydes is 1. The van der Waals surface area contributed by atoms with Crippen LogP contribution in [0.1, 0.15) is 39.1 Å². The second kappa shape index (κ2) is 5.86. The Labute approximate surface area is 132 Å². The maximum atomic E-state index is 12.8. The molecule has 1 heterocycles. The highest BCUT2D eigenvalue weighted by molar-refractivity contribution is 5.77. The van der Waals surface area contributed by atoms with Crippen LogP contribution in [0.2, 0.25) is 0 Å². The number of aryl methyl sites for hydroxylation is 1. The third-order valence-corrected chi connectivity index (χ3v) is 3.28. The summed E-state index contributed by atoms with van der Waals surface area (Å²) in [6.07, 6.45) is -5.10. The molecule has 0 saturated carbocycles. The fourth-order valence-electron chi connectivity index (χ4n) is 1.91. The Morgan fingerprint density at radius 3 is 2.17 bits per heavy atom. The molecule has 9 heteroatoms. The Morgan fingerprint density at radius 1 is 1.30 bits per heavy atom. The Hall–Kier alpha value is -2.06. The topological polar surface area (TPSA) is 64.4 Å². The predicted octanol–water partition coefficient (Wildman–Crippen LogP) is 2.72. The average molecular weight is 335 g/mol. The van der Waals surface area contributed by atoms with Crippen LogP contribution in [0.3, 0.4) is 0 Å². The summed E-state index contributed by atoms with van der Waals surface area (Å²) in [6, 6.07) is 0.745. The fourth-order valence-corrected chi connectivity index (χ4v) is 1.91. The molecule has 1 unspecified atom stereocenters. The second-order valence-electron chi connectivity index (χ2n) is 6.34. The van der Waals surface area contributed by atoms with Crippen LogP contribution in [0.25, 0.3) is 0 Å². The second-order valence-corrected chi connectivity index (χ2v) is 6.34. The molecule has 1 amide bonds. The first-order valence-electron chi connectivity index (χ1n) is 6.77. The van der Waals surface area contributed by atoms with Crippen molar-refractivity contribution >= 4 is 12.4 Å². The molecule has 1 aromatic heterocycles. The molecule has 6 nitrogen and oxygen atoms in total. The lowest BCUT2D eigenvalue weighted by molar-refractivity contribution is -0.141. The summed E-state index contributed by atoms with van der Waals surface area (Å²) in [7, 11) is 2.55. The largest absolute Gasteiger partial charge is 0.444 e. The lowest BCUT2D eigenvalue weighted by atomic mass is 9.97. The molecule has 0 radical (unpaired) electrons. The van der Waals surface area contributed by atoms with Crippen LogP contribution in [0, 0.1) is 0 Å². The van der Waals surface area contributed by atoms with E-state index in [0.717, 1.165) is 15.6 Å². The van der Waals surface area contributed by atoms with E-state index >= 15 is 0 Å². The Kier molecular flexibility index (Phi) is 4.84. The SMILES string of the molecule is CN(C(=O)OC(C)(C)C)C(C)(C=O)c1cc(C(F)(F)F)nn1C. The van der Waals surface area contributed by atoms with Crippen LogP contribution < -0.4 is 0 Å². The van der Waals surface area contributed by atoms with Gasteiger partial charge >= 0.3 is 12.3 Å². The Morgan fingerprint density at radius 2 is 1.83 bits per heavy atom. The number of ether oxygens (including phenoxy) is 1. The van der Waals surface area contributed by atoms with E-state index < -0.39 is 29.1 Å². The first kappa shape index (κ1) is 19.0. The van der Waals surface area contributed by atoms with Gasteiger partial charge in [0.15, 0.2) is 12.0 Å². The number of aromatic nitrogens is 2. The molecule has 1 atom stereocenters. The van der Waals surface area contributed by atoms with Crippen molar-refractivity contribution in [2.24, 2.45) is 7.05 Å². The molecule has 130 valence electrons. The normalized spacial score (nSPS) is 15.0. The van der Waals surface area contributed by atoms with E-state index in [4.69, 9.17) is 4.74 Å². The molecule has 0 N–H and O–H groups in total. The van der Waals surface area contributed by atoms with Crippen LogP contribution in [-0.4, -0.2) is 39.7 Å². The molecule has 23 heavy (non-hydrogen) atoms. The van der Waals surface area contributed by atoms with Crippen molar-refractivity contribution in [3.63, 3.8) is 0 Å². The minimum atomic E-state index is -4.65. The smallest absolute Gasteiger partial charge is 0.435 e. The monoisotopic (exact) mass is 335 g/mol. The standard InChI is InChI=1S/C14H20F3N3O3/c1-12(2,3)23-11(22)19(5)13(4,8-21)10-7-9(14(15,16)17)18-20(10)6/h7-8H,1-6H3. The van der Waals surface area contributed by atoms with E-state index in [1.807, 2.05) is 0 Å². The summed E-state index contributed by atoms with van der Waals surface area (Å²) in [5.74, 6) is 0. The van der Waals surface area contributed by atoms with E-state index in [1.165, 1.54) is 21.0 Å². The summed E-state index contributed by atoms with van der Waals surface area (Å²) < 4.78 is 44.4. The van der Waals surface area contributed by atoms with E-state index in [2.05, 4.69) is 5.10 Å². The molecular weight excluding hydrogens is 315 g/mol. The van der Waals surface area contributed by atoms with Gasteiger partial charge in [-0.15, -0.1) is 0 Å². The summed E-state index contributed by atoms with van der Waals surface area (Å²) in [6.45, 7) is 6.25. The van der Waals surface area contributed by atoms with Crippen molar-refractivity contribution in [2.75, 3.05) is 7.05 Å². The van der Waals surface area contributed by atoms with Gasteiger partial charge in [-0.1, -0.05) is 0 Å². The van der Waals surface area contributed by atoms with Crippen molar-refractivity contribution in [3.05, 3.63) is 17.5 Å². The molecule has 0 aliphatic heterocycles. The van der Waals surface area contributed by atoms with E-state index in [9.17, 15) is 22.8 Å². The van der Waals surface area contributed by atoms with Gasteiger partial charge in [-0.05, 0) is 33.8 Å². The Balaban J connectivity index is 3.27. The lowest BCUT2D eigenvalue weighted by Crippen LogP contribution is -2.49. The van der Waals surface area contributed by atoms with Gasteiger partial charge < -0.3 is 9.53 Å². The lowest BCUT2D eigenvalue weighted by Gasteiger charge is -2.35. The number of halogens is 3. The van der Waals surface area contributed by atoms with Crippen molar-refractivity contribution in [1.29, 1.82) is 0 Å². The number of hydrogen-bond donors (Lipinski definition) is 0. The number of hydrogen-bond acceptors (Lipinski definition) is 4. The van der Waals surface area contributed by atoms with Crippen molar-refractivity contribution in [2.45, 2.75) is 45.0 Å².